The number of likely N-dealkylation sites (N-methyl/N-ethyl adjacent to an activating group) is 1. The molecule has 2 aliphatic rings. The lowest BCUT2D eigenvalue weighted by atomic mass is 10.2. The van der Waals surface area contributed by atoms with Gasteiger partial charge in [0.25, 0.3) is 0 Å². The van der Waals surface area contributed by atoms with Crippen LogP contribution in [0.25, 0.3) is 0 Å². The van der Waals surface area contributed by atoms with E-state index in [0.29, 0.717) is 5.25 Å². The molecule has 4 heteroatoms. The van der Waals surface area contributed by atoms with Crippen LogP contribution >= 0.6 is 11.8 Å². The smallest absolute Gasteiger partial charge is 0.246 e. The van der Waals surface area contributed by atoms with Gasteiger partial charge in [-0.15, -0.1) is 0 Å². The quantitative estimate of drug-likeness (QED) is 0.718. The summed E-state index contributed by atoms with van der Waals surface area (Å²) in [6, 6.07) is 0. The van der Waals surface area contributed by atoms with Gasteiger partial charge in [0.15, 0.2) is 0 Å². The molecule has 2 rings (SSSR count). The number of rotatable bonds is 5. The third-order valence-corrected chi connectivity index (χ3v) is 4.94. The molecule has 18 heavy (non-hydrogen) atoms. The van der Waals surface area contributed by atoms with E-state index in [2.05, 4.69) is 6.92 Å². The molecular formula is C14H23NO2S. The van der Waals surface area contributed by atoms with Crippen molar-refractivity contribution in [2.75, 3.05) is 25.4 Å². The van der Waals surface area contributed by atoms with Crippen molar-refractivity contribution in [3.05, 3.63) is 12.2 Å². The molecule has 2 saturated heterocycles. The SMILES string of the molecule is CCN(CC1CCCS1)C(=O)/C=C/C1CCCO1. The molecule has 1 amide bonds. The topological polar surface area (TPSA) is 29.5 Å². The maximum atomic E-state index is 12.1. The zero-order valence-corrected chi connectivity index (χ0v) is 12.0. The molecule has 2 atom stereocenters. The molecular weight excluding hydrogens is 246 g/mol. The first-order chi connectivity index (χ1) is 8.79. The third-order valence-electron chi connectivity index (χ3n) is 3.56. The fraction of sp³-hybridized carbons (Fsp3) is 0.786. The van der Waals surface area contributed by atoms with Crippen LogP contribution in [-0.4, -0.2) is 47.6 Å². The van der Waals surface area contributed by atoms with E-state index in [4.69, 9.17) is 4.74 Å². The average molecular weight is 269 g/mol. The van der Waals surface area contributed by atoms with Crippen molar-refractivity contribution in [3.63, 3.8) is 0 Å². The summed E-state index contributed by atoms with van der Waals surface area (Å²) in [5, 5.41) is 0.644. The molecule has 2 aliphatic heterocycles. The van der Waals surface area contributed by atoms with Gasteiger partial charge in [-0.3, -0.25) is 4.79 Å². The van der Waals surface area contributed by atoms with Crippen molar-refractivity contribution in [2.45, 2.75) is 44.0 Å². The molecule has 102 valence electrons. The van der Waals surface area contributed by atoms with Crippen LogP contribution < -0.4 is 0 Å². The van der Waals surface area contributed by atoms with Crippen molar-refractivity contribution in [3.8, 4) is 0 Å². The molecule has 0 aromatic carbocycles. The summed E-state index contributed by atoms with van der Waals surface area (Å²) in [7, 11) is 0. The van der Waals surface area contributed by atoms with E-state index in [9.17, 15) is 4.79 Å². The number of carbonyl (C=O) groups excluding carboxylic acids is 1. The lowest BCUT2D eigenvalue weighted by Crippen LogP contribution is -2.34. The molecule has 0 aliphatic carbocycles. The fourth-order valence-electron chi connectivity index (χ4n) is 2.46. The number of ether oxygens (including phenoxy) is 1. The Balaban J connectivity index is 1.80. The van der Waals surface area contributed by atoms with Crippen LogP contribution in [0.15, 0.2) is 12.2 Å². The summed E-state index contributed by atoms with van der Waals surface area (Å²) in [6.45, 7) is 4.58. The molecule has 3 nitrogen and oxygen atoms in total. The summed E-state index contributed by atoms with van der Waals surface area (Å²) >= 11 is 2.00. The first kappa shape index (κ1) is 13.9. The average Bonchev–Trinajstić information content (AvgIpc) is 3.06. The lowest BCUT2D eigenvalue weighted by molar-refractivity contribution is -0.125. The van der Waals surface area contributed by atoms with Crippen molar-refractivity contribution in [2.24, 2.45) is 0 Å². The fourth-order valence-corrected chi connectivity index (χ4v) is 3.74. The van der Waals surface area contributed by atoms with Crippen LogP contribution in [0.3, 0.4) is 0 Å². The lowest BCUT2D eigenvalue weighted by Gasteiger charge is -2.22. The first-order valence-electron chi connectivity index (χ1n) is 7.00. The van der Waals surface area contributed by atoms with Crippen LogP contribution in [0, 0.1) is 0 Å². The summed E-state index contributed by atoms with van der Waals surface area (Å²) in [6.07, 6.45) is 8.51. The zero-order chi connectivity index (χ0) is 12.8. The number of amides is 1. The molecule has 0 radical (unpaired) electrons. The van der Waals surface area contributed by atoms with Gasteiger partial charge < -0.3 is 9.64 Å². The van der Waals surface area contributed by atoms with E-state index in [0.717, 1.165) is 32.5 Å². The molecule has 0 saturated carbocycles. The zero-order valence-electron chi connectivity index (χ0n) is 11.1. The van der Waals surface area contributed by atoms with E-state index in [1.54, 1.807) is 6.08 Å². The third kappa shape index (κ3) is 4.02. The second-order valence-electron chi connectivity index (χ2n) is 4.92. The monoisotopic (exact) mass is 269 g/mol. The van der Waals surface area contributed by atoms with Crippen LogP contribution in [0.5, 0.6) is 0 Å². The summed E-state index contributed by atoms with van der Waals surface area (Å²) in [5.41, 5.74) is 0. The molecule has 2 fully saturated rings. The molecule has 0 N–H and O–H groups in total. The van der Waals surface area contributed by atoms with E-state index < -0.39 is 0 Å². The Kier molecular flexibility index (Phi) is 5.57. The van der Waals surface area contributed by atoms with E-state index in [1.807, 2.05) is 22.7 Å². The van der Waals surface area contributed by atoms with Gasteiger partial charge in [0, 0.05) is 31.0 Å². The largest absolute Gasteiger partial charge is 0.374 e. The number of hydrogen-bond acceptors (Lipinski definition) is 3. The summed E-state index contributed by atoms with van der Waals surface area (Å²) < 4.78 is 5.49. The van der Waals surface area contributed by atoms with Gasteiger partial charge in [0.2, 0.25) is 5.91 Å². The van der Waals surface area contributed by atoms with Gasteiger partial charge in [-0.2, -0.15) is 11.8 Å². The predicted molar refractivity (Wildman–Crippen MR) is 75.8 cm³/mol. The first-order valence-corrected chi connectivity index (χ1v) is 8.04. The molecule has 0 aromatic rings. The molecule has 2 unspecified atom stereocenters. The van der Waals surface area contributed by atoms with E-state index in [1.165, 1.54) is 18.6 Å². The van der Waals surface area contributed by atoms with E-state index >= 15 is 0 Å². The van der Waals surface area contributed by atoms with Gasteiger partial charge in [0.1, 0.15) is 0 Å². The standard InChI is InChI=1S/C14H23NO2S/c1-2-15(11-13-6-4-10-18-13)14(16)8-7-12-5-3-9-17-12/h7-8,12-13H,2-6,9-11H2,1H3/b8-7+. The van der Waals surface area contributed by atoms with Gasteiger partial charge in [-0.25, -0.2) is 0 Å². The highest BCUT2D eigenvalue weighted by atomic mass is 32.2. The molecule has 0 spiro atoms. The summed E-state index contributed by atoms with van der Waals surface area (Å²) in [4.78, 5) is 14.0. The highest BCUT2D eigenvalue weighted by Crippen LogP contribution is 2.26. The molecule has 0 bridgehead atoms. The van der Waals surface area contributed by atoms with Crippen molar-refractivity contribution < 1.29 is 9.53 Å². The minimum atomic E-state index is 0.139. The predicted octanol–water partition coefficient (Wildman–Crippen LogP) is 2.47. The van der Waals surface area contributed by atoms with Gasteiger partial charge in [-0.05, 0) is 38.4 Å². The highest BCUT2D eigenvalue weighted by Gasteiger charge is 2.20. The number of hydrogen-bond donors (Lipinski definition) is 0. The molecule has 0 aromatic heterocycles. The summed E-state index contributed by atoms with van der Waals surface area (Å²) in [5.74, 6) is 1.39. The van der Waals surface area contributed by atoms with Crippen molar-refractivity contribution in [1.29, 1.82) is 0 Å². The van der Waals surface area contributed by atoms with Crippen LogP contribution in [0.1, 0.15) is 32.6 Å². The Morgan fingerprint density at radius 1 is 1.44 bits per heavy atom. The van der Waals surface area contributed by atoms with Gasteiger partial charge in [0.05, 0.1) is 6.10 Å². The minimum absolute atomic E-state index is 0.139. The number of carbonyl (C=O) groups is 1. The Morgan fingerprint density at radius 3 is 2.94 bits per heavy atom. The normalized spacial score (nSPS) is 28.1. The van der Waals surface area contributed by atoms with Crippen molar-refractivity contribution >= 4 is 17.7 Å². The second-order valence-corrected chi connectivity index (χ2v) is 6.33. The minimum Gasteiger partial charge on any atom is -0.374 e. The number of nitrogens with zero attached hydrogens (tertiary/aromatic N) is 1. The maximum absolute atomic E-state index is 12.1. The Morgan fingerprint density at radius 2 is 2.33 bits per heavy atom. The van der Waals surface area contributed by atoms with Crippen LogP contribution in [-0.2, 0) is 9.53 Å². The number of thioether (sulfide) groups is 1. The van der Waals surface area contributed by atoms with Crippen LogP contribution in [0.4, 0.5) is 0 Å². The molecule has 2 heterocycles. The van der Waals surface area contributed by atoms with E-state index in [-0.39, 0.29) is 12.0 Å². The second kappa shape index (κ2) is 7.19. The van der Waals surface area contributed by atoms with Gasteiger partial charge in [-0.1, -0.05) is 6.08 Å². The van der Waals surface area contributed by atoms with Crippen LogP contribution in [0.2, 0.25) is 0 Å². The highest BCUT2D eigenvalue weighted by molar-refractivity contribution is 8.00. The Hall–Kier alpha value is -0.480. The Labute approximate surface area is 114 Å². The van der Waals surface area contributed by atoms with Gasteiger partial charge >= 0.3 is 0 Å². The maximum Gasteiger partial charge on any atom is 0.246 e. The van der Waals surface area contributed by atoms with Crippen molar-refractivity contribution in [1.82, 2.24) is 4.90 Å². The Bertz CT molecular complexity index is 294.